The number of ether oxygens (including phenoxy) is 1. The Morgan fingerprint density at radius 2 is 1.93 bits per heavy atom. The van der Waals surface area contributed by atoms with Gasteiger partial charge in [-0.1, -0.05) is 17.7 Å². The number of halogens is 1. The Hall–Kier alpha value is -2.21. The molecule has 148 valence electrons. The predicted molar refractivity (Wildman–Crippen MR) is 115 cm³/mol. The number of aliphatic hydroxyl groups is 1. The van der Waals surface area contributed by atoms with E-state index in [4.69, 9.17) is 16.3 Å². The fourth-order valence-corrected chi connectivity index (χ4v) is 4.13. The third-order valence-electron chi connectivity index (χ3n) is 5.60. The lowest BCUT2D eigenvalue weighted by molar-refractivity contribution is 0.110. The quantitative estimate of drug-likeness (QED) is 0.681. The number of piperazine rings is 1. The minimum atomic E-state index is -0.541. The van der Waals surface area contributed by atoms with E-state index in [2.05, 4.69) is 27.8 Å². The largest absolute Gasteiger partial charge is 0.497 e. The van der Waals surface area contributed by atoms with E-state index in [0.717, 1.165) is 53.4 Å². The van der Waals surface area contributed by atoms with Gasteiger partial charge >= 0.3 is 0 Å². The number of methoxy groups -OCH3 is 1. The van der Waals surface area contributed by atoms with Crippen molar-refractivity contribution in [3.63, 3.8) is 0 Å². The molecule has 0 saturated carbocycles. The van der Waals surface area contributed by atoms with Gasteiger partial charge in [0.1, 0.15) is 5.75 Å². The first-order valence-electron chi connectivity index (χ1n) is 9.61. The van der Waals surface area contributed by atoms with Gasteiger partial charge in [-0.3, -0.25) is 4.90 Å². The molecule has 1 aromatic heterocycles. The molecule has 0 aliphatic carbocycles. The minimum Gasteiger partial charge on any atom is -0.497 e. The number of H-pyrrole nitrogens is 1. The molecular weight excluding hydrogens is 374 g/mol. The third kappa shape index (κ3) is 3.83. The van der Waals surface area contributed by atoms with E-state index in [1.165, 1.54) is 11.3 Å². The number of rotatable bonds is 5. The molecule has 2 N–H and O–H groups in total. The molecule has 4 rings (SSSR count). The number of aryl methyl sites for hydroxylation is 1. The Labute approximate surface area is 170 Å². The standard InChI is InChI=1S/C22H26ClN3O2/c1-15-3-4-16(23)11-21(15)26-9-7-25(8-10-26)14-22(27)19-13-24-20-6-5-17(28-2)12-18(19)20/h3-6,11-13,22,24,27H,7-10,14H2,1-2H3/t22-/m0/s1. The van der Waals surface area contributed by atoms with E-state index in [0.29, 0.717) is 6.54 Å². The number of aliphatic hydroxyl groups excluding tert-OH is 1. The maximum Gasteiger partial charge on any atom is 0.119 e. The number of nitrogens with one attached hydrogen (secondary N) is 1. The van der Waals surface area contributed by atoms with E-state index in [1.54, 1.807) is 7.11 Å². The molecule has 1 atom stereocenters. The number of hydrogen-bond donors (Lipinski definition) is 2. The Balaban J connectivity index is 1.41. The summed E-state index contributed by atoms with van der Waals surface area (Å²) in [6.45, 7) is 6.41. The first-order valence-corrected chi connectivity index (χ1v) is 9.99. The van der Waals surface area contributed by atoms with Crippen molar-refractivity contribution in [1.29, 1.82) is 0 Å². The van der Waals surface area contributed by atoms with Crippen molar-refractivity contribution in [3.8, 4) is 5.75 Å². The van der Waals surface area contributed by atoms with Crippen molar-refractivity contribution < 1.29 is 9.84 Å². The average Bonchev–Trinajstić information content (AvgIpc) is 3.13. The number of β-amino-alcohol motifs (C(OH)–C–C–N with tert-alkyl or cyclic N) is 1. The molecule has 0 unspecified atom stereocenters. The second kappa shape index (κ2) is 8.03. The van der Waals surface area contributed by atoms with Crippen LogP contribution in [0, 0.1) is 6.92 Å². The molecule has 1 fully saturated rings. The predicted octanol–water partition coefficient (Wildman–Crippen LogP) is 3.99. The van der Waals surface area contributed by atoms with Crippen LogP contribution >= 0.6 is 11.6 Å². The molecule has 0 bridgehead atoms. The highest BCUT2D eigenvalue weighted by Gasteiger charge is 2.22. The maximum absolute atomic E-state index is 10.9. The van der Waals surface area contributed by atoms with E-state index in [1.807, 2.05) is 36.5 Å². The van der Waals surface area contributed by atoms with Gasteiger partial charge in [0.05, 0.1) is 13.2 Å². The summed E-state index contributed by atoms with van der Waals surface area (Å²) in [5, 5.41) is 12.6. The number of aromatic amines is 1. The number of aromatic nitrogens is 1. The monoisotopic (exact) mass is 399 g/mol. The van der Waals surface area contributed by atoms with Crippen molar-refractivity contribution in [2.45, 2.75) is 13.0 Å². The lowest BCUT2D eigenvalue weighted by atomic mass is 10.1. The van der Waals surface area contributed by atoms with Crippen LogP contribution in [0.5, 0.6) is 5.75 Å². The highest BCUT2D eigenvalue weighted by Crippen LogP contribution is 2.29. The van der Waals surface area contributed by atoms with Crippen LogP contribution in [0.2, 0.25) is 5.02 Å². The zero-order chi connectivity index (χ0) is 19.7. The molecule has 2 heterocycles. The van der Waals surface area contributed by atoms with Crippen LogP contribution < -0.4 is 9.64 Å². The van der Waals surface area contributed by atoms with E-state index in [-0.39, 0.29) is 0 Å². The highest BCUT2D eigenvalue weighted by molar-refractivity contribution is 6.30. The summed E-state index contributed by atoms with van der Waals surface area (Å²) >= 11 is 6.18. The van der Waals surface area contributed by atoms with Crippen LogP contribution in [0.25, 0.3) is 10.9 Å². The van der Waals surface area contributed by atoms with Gasteiger partial charge < -0.3 is 19.7 Å². The molecule has 2 aromatic carbocycles. The Bertz CT molecular complexity index is 964. The maximum atomic E-state index is 10.9. The van der Waals surface area contributed by atoms with Crippen LogP contribution in [-0.2, 0) is 0 Å². The molecule has 6 heteroatoms. The first-order chi connectivity index (χ1) is 13.5. The Morgan fingerprint density at radius 1 is 1.14 bits per heavy atom. The van der Waals surface area contributed by atoms with E-state index < -0.39 is 6.10 Å². The second-order valence-corrected chi connectivity index (χ2v) is 7.83. The molecular formula is C22H26ClN3O2. The Kier molecular flexibility index (Phi) is 5.49. The minimum absolute atomic E-state index is 0.541. The van der Waals surface area contributed by atoms with Gasteiger partial charge in [-0.05, 0) is 42.8 Å². The number of fused-ring (bicyclic) bond motifs is 1. The molecule has 0 spiro atoms. The van der Waals surface area contributed by atoms with Crippen molar-refractivity contribution in [1.82, 2.24) is 9.88 Å². The third-order valence-corrected chi connectivity index (χ3v) is 5.83. The number of nitrogens with zero attached hydrogens (tertiary/aromatic N) is 2. The molecule has 1 aliphatic rings. The van der Waals surface area contributed by atoms with Gasteiger partial charge in [-0.2, -0.15) is 0 Å². The van der Waals surface area contributed by atoms with Crippen molar-refractivity contribution >= 4 is 28.2 Å². The van der Waals surface area contributed by atoms with E-state index in [9.17, 15) is 5.11 Å². The summed E-state index contributed by atoms with van der Waals surface area (Å²) in [6.07, 6.45) is 1.36. The summed E-state index contributed by atoms with van der Waals surface area (Å²) in [7, 11) is 1.66. The number of anilines is 1. The van der Waals surface area contributed by atoms with Crippen LogP contribution in [-0.4, -0.2) is 54.8 Å². The average molecular weight is 400 g/mol. The van der Waals surface area contributed by atoms with Gasteiger partial charge in [0.2, 0.25) is 0 Å². The second-order valence-electron chi connectivity index (χ2n) is 7.39. The summed E-state index contributed by atoms with van der Waals surface area (Å²) < 4.78 is 5.33. The highest BCUT2D eigenvalue weighted by atomic mass is 35.5. The molecule has 1 saturated heterocycles. The molecule has 28 heavy (non-hydrogen) atoms. The Morgan fingerprint density at radius 3 is 2.68 bits per heavy atom. The fraction of sp³-hybridized carbons (Fsp3) is 0.364. The van der Waals surface area contributed by atoms with Crippen LogP contribution in [0.4, 0.5) is 5.69 Å². The summed E-state index contributed by atoms with van der Waals surface area (Å²) in [5.74, 6) is 0.797. The van der Waals surface area contributed by atoms with Crippen molar-refractivity contribution in [2.75, 3.05) is 44.7 Å². The normalized spacial score (nSPS) is 16.5. The molecule has 0 amide bonds. The van der Waals surface area contributed by atoms with E-state index >= 15 is 0 Å². The van der Waals surface area contributed by atoms with Crippen molar-refractivity contribution in [3.05, 3.63) is 58.7 Å². The lowest BCUT2D eigenvalue weighted by Crippen LogP contribution is -2.47. The zero-order valence-corrected chi connectivity index (χ0v) is 17.0. The summed E-state index contributed by atoms with van der Waals surface area (Å²) in [6, 6.07) is 11.9. The van der Waals surface area contributed by atoms with Crippen LogP contribution in [0.3, 0.4) is 0 Å². The fourth-order valence-electron chi connectivity index (χ4n) is 3.96. The van der Waals surface area contributed by atoms with Gasteiger partial charge in [-0.15, -0.1) is 0 Å². The van der Waals surface area contributed by atoms with Gasteiger partial charge in [0.15, 0.2) is 0 Å². The van der Waals surface area contributed by atoms with Gasteiger partial charge in [-0.25, -0.2) is 0 Å². The zero-order valence-electron chi connectivity index (χ0n) is 16.3. The first kappa shape index (κ1) is 19.1. The molecule has 3 aromatic rings. The molecule has 5 nitrogen and oxygen atoms in total. The SMILES string of the molecule is COc1ccc2[nH]cc([C@@H](O)CN3CCN(c4cc(Cl)ccc4C)CC3)c2c1. The van der Waals surface area contributed by atoms with Gasteiger partial charge in [0.25, 0.3) is 0 Å². The van der Waals surface area contributed by atoms with Crippen molar-refractivity contribution in [2.24, 2.45) is 0 Å². The molecule has 1 aliphatic heterocycles. The topological polar surface area (TPSA) is 51.7 Å². The van der Waals surface area contributed by atoms with Crippen LogP contribution in [0.1, 0.15) is 17.2 Å². The van der Waals surface area contributed by atoms with Gasteiger partial charge in [0, 0.05) is 66.1 Å². The lowest BCUT2D eigenvalue weighted by Gasteiger charge is -2.37. The van der Waals surface area contributed by atoms with Crippen LogP contribution in [0.15, 0.2) is 42.6 Å². The number of hydrogen-bond acceptors (Lipinski definition) is 4. The summed E-state index contributed by atoms with van der Waals surface area (Å²) in [5.41, 5.74) is 4.38. The smallest absolute Gasteiger partial charge is 0.119 e. The number of benzene rings is 2. The molecule has 0 radical (unpaired) electrons. The summed E-state index contributed by atoms with van der Waals surface area (Å²) in [4.78, 5) is 7.94.